The topological polar surface area (TPSA) is 35.8 Å². The van der Waals surface area contributed by atoms with Crippen molar-refractivity contribution in [1.82, 2.24) is 0 Å². The van der Waals surface area contributed by atoms with E-state index >= 15 is 0 Å². The minimum Gasteiger partial charge on any atom is -0.382 e. The van der Waals surface area contributed by atoms with E-state index in [1.807, 2.05) is 24.3 Å². The van der Waals surface area contributed by atoms with E-state index in [9.17, 15) is 0 Å². The Balaban J connectivity index is 2.06. The van der Waals surface area contributed by atoms with Gasteiger partial charge in [0.2, 0.25) is 0 Å². The fraction of sp³-hybridized carbons (Fsp3) is 0.533. The van der Waals surface area contributed by atoms with Crippen LogP contribution in [0.2, 0.25) is 0 Å². The molecule has 0 saturated heterocycles. The minimum atomic E-state index is 0.367. The van der Waals surface area contributed by atoms with Gasteiger partial charge in [-0.25, -0.2) is 0 Å². The summed E-state index contributed by atoms with van der Waals surface area (Å²) >= 11 is 0. The number of rotatable bonds is 2. The molecule has 17 heavy (non-hydrogen) atoms. The van der Waals surface area contributed by atoms with Crippen LogP contribution in [0.4, 0.5) is 5.69 Å². The van der Waals surface area contributed by atoms with Crippen molar-refractivity contribution >= 4 is 5.69 Å². The average molecular weight is 228 g/mol. The van der Waals surface area contributed by atoms with Gasteiger partial charge in [0.05, 0.1) is 11.6 Å². The van der Waals surface area contributed by atoms with Gasteiger partial charge in [-0.05, 0) is 42.5 Å². The van der Waals surface area contributed by atoms with Gasteiger partial charge in [0.25, 0.3) is 0 Å². The van der Waals surface area contributed by atoms with Gasteiger partial charge < -0.3 is 5.32 Å². The molecule has 1 aromatic carbocycles. The number of anilines is 1. The van der Waals surface area contributed by atoms with Crippen molar-refractivity contribution in [2.24, 2.45) is 5.41 Å². The molecule has 0 spiro atoms. The second-order valence-electron chi connectivity index (χ2n) is 5.62. The summed E-state index contributed by atoms with van der Waals surface area (Å²) in [5, 5.41) is 12.4. The molecule has 1 aliphatic carbocycles. The van der Waals surface area contributed by atoms with Crippen molar-refractivity contribution in [3.05, 3.63) is 29.8 Å². The van der Waals surface area contributed by atoms with Gasteiger partial charge >= 0.3 is 0 Å². The number of benzene rings is 1. The van der Waals surface area contributed by atoms with Crippen LogP contribution >= 0.6 is 0 Å². The summed E-state index contributed by atoms with van der Waals surface area (Å²) in [6.07, 6.45) is 5.20. The SMILES string of the molecule is CC1(C)CCCCC1Nc1ccc(C#N)cc1. The van der Waals surface area contributed by atoms with E-state index in [0.29, 0.717) is 11.5 Å². The normalized spacial score (nSPS) is 22.8. The quantitative estimate of drug-likeness (QED) is 0.832. The van der Waals surface area contributed by atoms with E-state index in [0.717, 1.165) is 11.3 Å². The Morgan fingerprint density at radius 3 is 2.53 bits per heavy atom. The molecule has 1 aromatic rings. The molecule has 0 aromatic heterocycles. The molecule has 0 amide bonds. The maximum atomic E-state index is 8.76. The van der Waals surface area contributed by atoms with Crippen molar-refractivity contribution in [3.63, 3.8) is 0 Å². The number of nitrogens with one attached hydrogen (secondary N) is 1. The Hall–Kier alpha value is -1.49. The van der Waals surface area contributed by atoms with E-state index in [2.05, 4.69) is 25.2 Å². The average Bonchev–Trinajstić information content (AvgIpc) is 2.33. The molecule has 1 saturated carbocycles. The van der Waals surface area contributed by atoms with Gasteiger partial charge in [-0.3, -0.25) is 0 Å². The van der Waals surface area contributed by atoms with Crippen molar-refractivity contribution in [2.45, 2.75) is 45.6 Å². The highest BCUT2D eigenvalue weighted by Crippen LogP contribution is 2.37. The van der Waals surface area contributed by atoms with Gasteiger partial charge in [-0.2, -0.15) is 5.26 Å². The molecule has 1 N–H and O–H groups in total. The molecule has 1 aliphatic rings. The van der Waals surface area contributed by atoms with Crippen LogP contribution in [0, 0.1) is 16.7 Å². The van der Waals surface area contributed by atoms with Crippen LogP contribution in [0.15, 0.2) is 24.3 Å². The predicted molar refractivity (Wildman–Crippen MR) is 70.8 cm³/mol. The summed E-state index contributed by atoms with van der Waals surface area (Å²) in [6, 6.07) is 10.4. The lowest BCUT2D eigenvalue weighted by atomic mass is 9.73. The fourth-order valence-electron chi connectivity index (χ4n) is 2.60. The first-order chi connectivity index (χ1) is 8.12. The van der Waals surface area contributed by atoms with E-state index < -0.39 is 0 Å². The maximum Gasteiger partial charge on any atom is 0.0991 e. The van der Waals surface area contributed by atoms with Crippen molar-refractivity contribution < 1.29 is 0 Å². The fourth-order valence-corrected chi connectivity index (χ4v) is 2.60. The first-order valence-corrected chi connectivity index (χ1v) is 6.38. The van der Waals surface area contributed by atoms with Crippen molar-refractivity contribution in [1.29, 1.82) is 5.26 Å². The molecular weight excluding hydrogens is 208 g/mol. The number of nitriles is 1. The molecule has 0 radical (unpaired) electrons. The predicted octanol–water partition coefficient (Wildman–Crippen LogP) is 3.94. The summed E-state index contributed by atoms with van der Waals surface area (Å²) in [7, 11) is 0. The third kappa shape index (κ3) is 2.79. The molecule has 2 heteroatoms. The largest absolute Gasteiger partial charge is 0.382 e. The number of nitrogens with zero attached hydrogens (tertiary/aromatic N) is 1. The van der Waals surface area contributed by atoms with Crippen LogP contribution in [-0.4, -0.2) is 6.04 Å². The Kier molecular flexibility index (Phi) is 3.38. The zero-order valence-corrected chi connectivity index (χ0v) is 10.7. The summed E-state index contributed by atoms with van der Waals surface area (Å²) in [5.41, 5.74) is 2.22. The summed E-state index contributed by atoms with van der Waals surface area (Å²) < 4.78 is 0. The molecule has 1 atom stereocenters. The van der Waals surface area contributed by atoms with E-state index in [-0.39, 0.29) is 0 Å². The maximum absolute atomic E-state index is 8.76. The molecular formula is C15H20N2. The lowest BCUT2D eigenvalue weighted by Crippen LogP contribution is -2.38. The molecule has 0 aliphatic heterocycles. The van der Waals surface area contributed by atoms with Crippen LogP contribution in [-0.2, 0) is 0 Å². The van der Waals surface area contributed by atoms with Gasteiger partial charge in [0.15, 0.2) is 0 Å². The molecule has 1 unspecified atom stereocenters. The highest BCUT2D eigenvalue weighted by atomic mass is 14.9. The molecule has 1 fully saturated rings. The first-order valence-electron chi connectivity index (χ1n) is 6.38. The second kappa shape index (κ2) is 4.79. The summed E-state index contributed by atoms with van der Waals surface area (Å²) in [6.45, 7) is 4.68. The Bertz CT molecular complexity index is 412. The first kappa shape index (κ1) is 12.0. The van der Waals surface area contributed by atoms with Gasteiger partial charge in [-0.15, -0.1) is 0 Å². The van der Waals surface area contributed by atoms with Gasteiger partial charge in [-0.1, -0.05) is 26.7 Å². The third-order valence-electron chi connectivity index (χ3n) is 3.86. The van der Waals surface area contributed by atoms with E-state index in [1.165, 1.54) is 25.7 Å². The lowest BCUT2D eigenvalue weighted by Gasteiger charge is -2.39. The van der Waals surface area contributed by atoms with Crippen LogP contribution in [0.5, 0.6) is 0 Å². The van der Waals surface area contributed by atoms with Crippen LogP contribution in [0.3, 0.4) is 0 Å². The zero-order chi connectivity index (χ0) is 12.3. The molecule has 0 bridgehead atoms. The number of hydrogen-bond donors (Lipinski definition) is 1. The van der Waals surface area contributed by atoms with Gasteiger partial charge in [0.1, 0.15) is 0 Å². The molecule has 90 valence electrons. The Morgan fingerprint density at radius 2 is 1.94 bits per heavy atom. The molecule has 2 rings (SSSR count). The third-order valence-corrected chi connectivity index (χ3v) is 3.86. The highest BCUT2D eigenvalue weighted by Gasteiger charge is 2.31. The van der Waals surface area contributed by atoms with Gasteiger partial charge in [0, 0.05) is 11.7 Å². The second-order valence-corrected chi connectivity index (χ2v) is 5.62. The number of hydrogen-bond acceptors (Lipinski definition) is 2. The monoisotopic (exact) mass is 228 g/mol. The molecule has 0 heterocycles. The Morgan fingerprint density at radius 1 is 1.24 bits per heavy atom. The van der Waals surface area contributed by atoms with Crippen LogP contribution in [0.25, 0.3) is 0 Å². The summed E-state index contributed by atoms with van der Waals surface area (Å²) in [5.74, 6) is 0. The molecule has 2 nitrogen and oxygen atoms in total. The smallest absolute Gasteiger partial charge is 0.0991 e. The zero-order valence-electron chi connectivity index (χ0n) is 10.7. The van der Waals surface area contributed by atoms with Crippen LogP contribution in [0.1, 0.15) is 45.1 Å². The van der Waals surface area contributed by atoms with Crippen LogP contribution < -0.4 is 5.32 Å². The highest BCUT2D eigenvalue weighted by molar-refractivity contribution is 5.48. The van der Waals surface area contributed by atoms with Crippen molar-refractivity contribution in [3.8, 4) is 6.07 Å². The minimum absolute atomic E-state index is 0.367. The lowest BCUT2D eigenvalue weighted by molar-refractivity contribution is 0.217. The van der Waals surface area contributed by atoms with E-state index in [1.54, 1.807) is 0 Å². The Labute approximate surface area is 104 Å². The van der Waals surface area contributed by atoms with Crippen molar-refractivity contribution in [2.75, 3.05) is 5.32 Å². The summed E-state index contributed by atoms with van der Waals surface area (Å²) in [4.78, 5) is 0. The van der Waals surface area contributed by atoms with E-state index in [4.69, 9.17) is 5.26 Å². The standard InChI is InChI=1S/C15H20N2/c1-15(2)10-4-3-5-14(15)17-13-8-6-12(11-16)7-9-13/h6-9,14,17H,3-5,10H2,1-2H3.